The Morgan fingerprint density at radius 1 is 1.07 bits per heavy atom. The summed E-state index contributed by atoms with van der Waals surface area (Å²) in [6.07, 6.45) is 0.960. The van der Waals surface area contributed by atoms with Crippen LogP contribution in [0, 0.1) is 24.0 Å². The van der Waals surface area contributed by atoms with Crippen LogP contribution in [0.5, 0.6) is 0 Å². The van der Waals surface area contributed by atoms with Gasteiger partial charge in [-0.3, -0.25) is 14.9 Å². The lowest BCUT2D eigenvalue weighted by Crippen LogP contribution is -2.29. The second-order valence-electron chi connectivity index (χ2n) is 6.95. The average Bonchev–Trinajstić information content (AvgIpc) is 3.04. The Hall–Kier alpha value is -3.68. The summed E-state index contributed by atoms with van der Waals surface area (Å²) >= 11 is 0. The smallest absolute Gasteiger partial charge is 0.292 e. The number of nitrogens with one attached hydrogen (secondary N) is 2. The molecular formula is C22H25N5O3. The fourth-order valence-corrected chi connectivity index (χ4v) is 3.37. The minimum Gasteiger partial charge on any atom is -0.378 e. The van der Waals surface area contributed by atoms with E-state index in [2.05, 4.69) is 15.7 Å². The number of nitro groups is 1. The number of anilines is 1. The maximum absolute atomic E-state index is 12.2. The highest BCUT2D eigenvalue weighted by molar-refractivity contribution is 5.76. The van der Waals surface area contributed by atoms with Crippen LogP contribution in [0.25, 0.3) is 5.69 Å². The number of amides is 1. The zero-order valence-electron chi connectivity index (χ0n) is 17.1. The van der Waals surface area contributed by atoms with Crippen molar-refractivity contribution in [3.63, 3.8) is 0 Å². The normalized spacial score (nSPS) is 10.6. The quantitative estimate of drug-likeness (QED) is 0.321. The highest BCUT2D eigenvalue weighted by Crippen LogP contribution is 2.22. The average molecular weight is 407 g/mol. The van der Waals surface area contributed by atoms with Crippen LogP contribution in [0.3, 0.4) is 0 Å². The van der Waals surface area contributed by atoms with Gasteiger partial charge in [-0.05, 0) is 44.0 Å². The molecule has 2 aromatic carbocycles. The first kappa shape index (κ1) is 21.0. The van der Waals surface area contributed by atoms with E-state index in [1.165, 1.54) is 6.07 Å². The Bertz CT molecular complexity index is 1030. The monoisotopic (exact) mass is 407 g/mol. The summed E-state index contributed by atoms with van der Waals surface area (Å²) < 4.78 is 1.90. The molecule has 8 heteroatoms. The van der Waals surface area contributed by atoms with Gasteiger partial charge < -0.3 is 10.6 Å². The maximum atomic E-state index is 12.2. The summed E-state index contributed by atoms with van der Waals surface area (Å²) in [4.78, 5) is 22.8. The number of hydrogen-bond donors (Lipinski definition) is 2. The van der Waals surface area contributed by atoms with Crippen LogP contribution in [-0.2, 0) is 11.2 Å². The van der Waals surface area contributed by atoms with Gasteiger partial charge in [0.1, 0.15) is 5.69 Å². The molecule has 0 saturated heterocycles. The second-order valence-corrected chi connectivity index (χ2v) is 6.95. The third kappa shape index (κ3) is 5.02. The van der Waals surface area contributed by atoms with Crippen molar-refractivity contribution in [1.29, 1.82) is 0 Å². The fourth-order valence-electron chi connectivity index (χ4n) is 3.37. The van der Waals surface area contributed by atoms with Crippen molar-refractivity contribution in [2.45, 2.75) is 26.7 Å². The van der Waals surface area contributed by atoms with Crippen molar-refractivity contribution >= 4 is 17.3 Å². The highest BCUT2D eigenvalue weighted by Gasteiger charge is 2.14. The van der Waals surface area contributed by atoms with E-state index in [0.717, 1.165) is 22.6 Å². The number of rotatable bonds is 9. The highest BCUT2D eigenvalue weighted by atomic mass is 16.6. The lowest BCUT2D eigenvalue weighted by Gasteiger charge is -2.09. The molecule has 0 unspecified atom stereocenters. The molecular weight excluding hydrogens is 382 g/mol. The predicted molar refractivity (Wildman–Crippen MR) is 116 cm³/mol. The van der Waals surface area contributed by atoms with Crippen molar-refractivity contribution in [3.05, 3.63) is 81.7 Å². The molecule has 0 saturated carbocycles. The lowest BCUT2D eigenvalue weighted by molar-refractivity contribution is -0.384. The summed E-state index contributed by atoms with van der Waals surface area (Å²) in [5.41, 5.74) is 4.48. The van der Waals surface area contributed by atoms with E-state index in [0.29, 0.717) is 31.6 Å². The third-order valence-corrected chi connectivity index (χ3v) is 4.91. The van der Waals surface area contributed by atoms with Crippen molar-refractivity contribution in [3.8, 4) is 5.69 Å². The summed E-state index contributed by atoms with van der Waals surface area (Å²) in [6.45, 7) is 4.75. The van der Waals surface area contributed by atoms with Gasteiger partial charge >= 0.3 is 0 Å². The van der Waals surface area contributed by atoms with Gasteiger partial charge in [0.05, 0.1) is 16.3 Å². The van der Waals surface area contributed by atoms with Crippen molar-refractivity contribution < 1.29 is 9.72 Å². The van der Waals surface area contributed by atoms with Gasteiger partial charge in [0, 0.05) is 31.3 Å². The molecule has 0 bridgehead atoms. The summed E-state index contributed by atoms with van der Waals surface area (Å²) in [6, 6.07) is 16.3. The molecule has 1 amide bonds. The van der Waals surface area contributed by atoms with Gasteiger partial charge in [-0.15, -0.1) is 0 Å². The number of hydrogen-bond acceptors (Lipinski definition) is 5. The molecule has 156 valence electrons. The zero-order chi connectivity index (χ0) is 21.5. The largest absolute Gasteiger partial charge is 0.378 e. The van der Waals surface area contributed by atoms with Crippen LogP contribution < -0.4 is 10.6 Å². The summed E-state index contributed by atoms with van der Waals surface area (Å²) in [5, 5.41) is 21.5. The van der Waals surface area contributed by atoms with Crippen molar-refractivity contribution in [2.24, 2.45) is 0 Å². The molecule has 0 radical (unpaired) electrons. The SMILES string of the molecule is Cc1nn(-c2ccccc2)c(C)c1CCC(=O)NCCNc1ccccc1[N+](=O)[O-]. The van der Waals surface area contributed by atoms with E-state index in [1.54, 1.807) is 18.2 Å². The molecule has 0 aliphatic carbocycles. The van der Waals surface area contributed by atoms with E-state index in [-0.39, 0.29) is 11.6 Å². The number of aromatic nitrogens is 2. The van der Waals surface area contributed by atoms with Gasteiger partial charge in [-0.25, -0.2) is 4.68 Å². The molecule has 0 aliphatic heterocycles. The summed E-state index contributed by atoms with van der Waals surface area (Å²) in [7, 11) is 0. The van der Waals surface area contributed by atoms with Gasteiger partial charge in [0.15, 0.2) is 0 Å². The lowest BCUT2D eigenvalue weighted by atomic mass is 10.1. The zero-order valence-corrected chi connectivity index (χ0v) is 17.1. The Labute approximate surface area is 175 Å². The topological polar surface area (TPSA) is 102 Å². The van der Waals surface area contributed by atoms with Crippen LogP contribution in [0.1, 0.15) is 23.4 Å². The van der Waals surface area contributed by atoms with Crippen LogP contribution in [0.4, 0.5) is 11.4 Å². The number of para-hydroxylation sites is 3. The Morgan fingerprint density at radius 3 is 2.50 bits per heavy atom. The molecule has 2 N–H and O–H groups in total. The van der Waals surface area contributed by atoms with Crippen molar-refractivity contribution in [1.82, 2.24) is 15.1 Å². The predicted octanol–water partition coefficient (Wildman–Crippen LogP) is 3.56. The molecule has 0 spiro atoms. The first-order valence-electron chi connectivity index (χ1n) is 9.82. The van der Waals surface area contributed by atoms with Crippen LogP contribution >= 0.6 is 0 Å². The fraction of sp³-hybridized carbons (Fsp3) is 0.273. The van der Waals surface area contributed by atoms with Crippen LogP contribution in [-0.4, -0.2) is 33.7 Å². The molecule has 3 rings (SSSR count). The Morgan fingerprint density at radius 2 is 1.77 bits per heavy atom. The van der Waals surface area contributed by atoms with Crippen LogP contribution in [0.2, 0.25) is 0 Å². The first-order chi connectivity index (χ1) is 14.5. The van der Waals surface area contributed by atoms with E-state index in [4.69, 9.17) is 0 Å². The van der Waals surface area contributed by atoms with Gasteiger partial charge in [0.25, 0.3) is 5.69 Å². The number of nitrogens with zero attached hydrogens (tertiary/aromatic N) is 3. The Balaban J connectivity index is 1.49. The van der Waals surface area contributed by atoms with E-state index >= 15 is 0 Å². The third-order valence-electron chi connectivity index (χ3n) is 4.91. The molecule has 0 aliphatic rings. The molecule has 3 aromatic rings. The minimum absolute atomic E-state index is 0.0187. The van der Waals surface area contributed by atoms with Crippen molar-refractivity contribution in [2.75, 3.05) is 18.4 Å². The molecule has 0 fully saturated rings. The van der Waals surface area contributed by atoms with Gasteiger partial charge in [-0.1, -0.05) is 30.3 Å². The van der Waals surface area contributed by atoms with Gasteiger partial charge in [-0.2, -0.15) is 5.10 Å². The van der Waals surface area contributed by atoms with E-state index in [9.17, 15) is 14.9 Å². The van der Waals surface area contributed by atoms with E-state index < -0.39 is 4.92 Å². The van der Waals surface area contributed by atoms with Crippen LogP contribution in [0.15, 0.2) is 54.6 Å². The molecule has 8 nitrogen and oxygen atoms in total. The van der Waals surface area contributed by atoms with Gasteiger partial charge in [0.2, 0.25) is 5.91 Å². The Kier molecular flexibility index (Phi) is 6.79. The number of aryl methyl sites for hydroxylation is 1. The molecule has 1 heterocycles. The number of carbonyl (C=O) groups excluding carboxylic acids is 1. The summed E-state index contributed by atoms with van der Waals surface area (Å²) in [5.74, 6) is -0.0642. The number of nitro benzene ring substituents is 1. The minimum atomic E-state index is -0.429. The molecule has 1 aromatic heterocycles. The van der Waals surface area contributed by atoms with E-state index in [1.807, 2.05) is 48.9 Å². The number of carbonyl (C=O) groups is 1. The number of benzene rings is 2. The maximum Gasteiger partial charge on any atom is 0.292 e. The molecule has 0 atom stereocenters. The standard InChI is InChI=1S/C22H25N5O3/c1-16-19(17(2)26(25-16)18-8-4-3-5-9-18)12-13-22(28)24-15-14-23-20-10-6-7-11-21(20)27(29)30/h3-11,23H,12-15H2,1-2H3,(H,24,28). The first-order valence-corrected chi connectivity index (χ1v) is 9.82. The second kappa shape index (κ2) is 9.69. The molecule has 30 heavy (non-hydrogen) atoms.